The van der Waals surface area contributed by atoms with E-state index in [9.17, 15) is 4.79 Å². The molecule has 0 saturated heterocycles. The SMILES string of the molecule is CN(C)CC(=O)Nc1n[nH]c2ccc(-c3ccc4nonc4c3)cc12. The van der Waals surface area contributed by atoms with Crippen LogP contribution in [-0.4, -0.2) is 52.0 Å². The van der Waals surface area contributed by atoms with E-state index in [0.717, 1.165) is 22.0 Å². The van der Waals surface area contributed by atoms with Gasteiger partial charge >= 0.3 is 0 Å². The van der Waals surface area contributed by atoms with Crippen molar-refractivity contribution >= 4 is 33.7 Å². The lowest BCUT2D eigenvalue weighted by molar-refractivity contribution is -0.116. The number of hydrogen-bond acceptors (Lipinski definition) is 6. The zero-order chi connectivity index (χ0) is 17.4. The fourth-order valence-electron chi connectivity index (χ4n) is 2.71. The maximum absolute atomic E-state index is 12.0. The Hall–Kier alpha value is -3.26. The second-order valence-corrected chi connectivity index (χ2v) is 6.09. The average Bonchev–Trinajstić information content (AvgIpc) is 3.20. The fourth-order valence-corrected chi connectivity index (χ4v) is 2.71. The molecule has 8 nitrogen and oxygen atoms in total. The maximum Gasteiger partial charge on any atom is 0.239 e. The minimum absolute atomic E-state index is 0.112. The molecule has 0 saturated carbocycles. The van der Waals surface area contributed by atoms with Crippen molar-refractivity contribution in [3.05, 3.63) is 36.4 Å². The molecule has 126 valence electrons. The van der Waals surface area contributed by atoms with E-state index in [1.54, 1.807) is 4.90 Å². The molecule has 0 aliphatic carbocycles. The van der Waals surface area contributed by atoms with Gasteiger partial charge in [0.15, 0.2) is 5.82 Å². The maximum atomic E-state index is 12.0. The van der Waals surface area contributed by atoms with Crippen molar-refractivity contribution in [1.29, 1.82) is 0 Å². The van der Waals surface area contributed by atoms with Crippen LogP contribution in [0.25, 0.3) is 33.1 Å². The number of nitrogens with one attached hydrogen (secondary N) is 2. The molecule has 2 aromatic heterocycles. The third kappa shape index (κ3) is 2.94. The molecular weight excluding hydrogens is 320 g/mol. The summed E-state index contributed by atoms with van der Waals surface area (Å²) in [7, 11) is 3.69. The molecule has 4 aromatic rings. The third-order valence-corrected chi connectivity index (χ3v) is 3.87. The number of rotatable bonds is 4. The van der Waals surface area contributed by atoms with Gasteiger partial charge in [-0.1, -0.05) is 12.1 Å². The highest BCUT2D eigenvalue weighted by Gasteiger charge is 2.12. The molecule has 0 spiro atoms. The van der Waals surface area contributed by atoms with E-state index in [2.05, 4.69) is 25.8 Å². The van der Waals surface area contributed by atoms with Crippen LogP contribution in [-0.2, 0) is 4.79 Å². The molecule has 4 rings (SSSR count). The average molecular weight is 336 g/mol. The number of likely N-dealkylation sites (N-methyl/N-ethyl adjacent to an activating group) is 1. The van der Waals surface area contributed by atoms with Crippen molar-refractivity contribution in [3.63, 3.8) is 0 Å². The normalized spacial score (nSPS) is 11.5. The zero-order valence-electron chi connectivity index (χ0n) is 13.8. The van der Waals surface area contributed by atoms with Gasteiger partial charge in [0, 0.05) is 5.39 Å². The molecule has 2 heterocycles. The predicted molar refractivity (Wildman–Crippen MR) is 94.1 cm³/mol. The summed E-state index contributed by atoms with van der Waals surface area (Å²) < 4.78 is 4.74. The van der Waals surface area contributed by atoms with Gasteiger partial charge in [-0.3, -0.25) is 9.89 Å². The van der Waals surface area contributed by atoms with Crippen molar-refractivity contribution in [1.82, 2.24) is 25.4 Å². The van der Waals surface area contributed by atoms with E-state index in [4.69, 9.17) is 4.63 Å². The molecule has 2 N–H and O–H groups in total. The molecule has 0 aliphatic heterocycles. The quantitative estimate of drug-likeness (QED) is 0.593. The highest BCUT2D eigenvalue weighted by Crippen LogP contribution is 2.28. The second kappa shape index (κ2) is 5.99. The van der Waals surface area contributed by atoms with Gasteiger partial charge in [-0.25, -0.2) is 4.63 Å². The van der Waals surface area contributed by atoms with Gasteiger partial charge in [0.05, 0.1) is 12.1 Å². The minimum Gasteiger partial charge on any atom is -0.308 e. The number of carbonyl (C=O) groups is 1. The number of H-pyrrole nitrogens is 1. The molecule has 0 unspecified atom stereocenters. The molecule has 0 atom stereocenters. The van der Waals surface area contributed by atoms with E-state index in [-0.39, 0.29) is 5.91 Å². The van der Waals surface area contributed by atoms with Crippen molar-refractivity contribution in [3.8, 4) is 11.1 Å². The molecule has 2 aromatic carbocycles. The van der Waals surface area contributed by atoms with E-state index in [1.807, 2.05) is 50.5 Å². The van der Waals surface area contributed by atoms with E-state index in [0.29, 0.717) is 23.4 Å². The van der Waals surface area contributed by atoms with Crippen molar-refractivity contribution < 1.29 is 9.42 Å². The Bertz CT molecular complexity index is 1070. The standard InChI is InChI=1S/C17H16N6O2/c1-23(2)9-16(24)18-17-12-7-10(3-5-13(12)19-20-17)11-4-6-14-15(8-11)22-25-21-14/h3-8H,9H2,1-2H3,(H2,18,19,20,24). The van der Waals surface area contributed by atoms with Gasteiger partial charge < -0.3 is 10.2 Å². The minimum atomic E-state index is -0.112. The first-order chi connectivity index (χ1) is 12.1. The predicted octanol–water partition coefficient (Wildman–Crippen LogP) is 2.27. The number of carbonyl (C=O) groups excluding carboxylic acids is 1. The van der Waals surface area contributed by atoms with Crippen LogP contribution in [0, 0.1) is 0 Å². The number of nitrogens with zero attached hydrogens (tertiary/aromatic N) is 4. The monoisotopic (exact) mass is 336 g/mol. The number of benzene rings is 2. The summed E-state index contributed by atoms with van der Waals surface area (Å²) in [6, 6.07) is 11.6. The second-order valence-electron chi connectivity index (χ2n) is 6.09. The lowest BCUT2D eigenvalue weighted by Crippen LogP contribution is -2.27. The van der Waals surface area contributed by atoms with Crippen LogP contribution < -0.4 is 5.32 Å². The van der Waals surface area contributed by atoms with Crippen LogP contribution in [0.2, 0.25) is 0 Å². The topological polar surface area (TPSA) is 99.9 Å². The molecule has 25 heavy (non-hydrogen) atoms. The Morgan fingerprint density at radius 1 is 1.12 bits per heavy atom. The number of aromatic nitrogens is 4. The summed E-state index contributed by atoms with van der Waals surface area (Å²) in [4.78, 5) is 13.8. The molecular formula is C17H16N6O2. The van der Waals surface area contributed by atoms with Crippen LogP contribution in [0.1, 0.15) is 0 Å². The van der Waals surface area contributed by atoms with Crippen LogP contribution in [0.5, 0.6) is 0 Å². The third-order valence-electron chi connectivity index (χ3n) is 3.87. The highest BCUT2D eigenvalue weighted by atomic mass is 16.6. The van der Waals surface area contributed by atoms with Gasteiger partial charge in [0.1, 0.15) is 11.0 Å². The molecule has 8 heteroatoms. The Balaban J connectivity index is 1.71. The Morgan fingerprint density at radius 3 is 2.72 bits per heavy atom. The molecule has 0 aliphatic rings. The van der Waals surface area contributed by atoms with Crippen molar-refractivity contribution in [2.24, 2.45) is 0 Å². The summed E-state index contributed by atoms with van der Waals surface area (Å²) >= 11 is 0. The van der Waals surface area contributed by atoms with Gasteiger partial charge in [0.25, 0.3) is 0 Å². The smallest absolute Gasteiger partial charge is 0.239 e. The molecule has 1 amide bonds. The summed E-state index contributed by atoms with van der Waals surface area (Å²) in [5.41, 5.74) is 4.24. The van der Waals surface area contributed by atoms with Crippen LogP contribution in [0.4, 0.5) is 5.82 Å². The first-order valence-electron chi connectivity index (χ1n) is 7.75. The largest absolute Gasteiger partial charge is 0.308 e. The summed E-state index contributed by atoms with van der Waals surface area (Å²) in [5.74, 6) is 0.409. The van der Waals surface area contributed by atoms with Crippen LogP contribution in [0.3, 0.4) is 0 Å². The number of aromatic amines is 1. The zero-order valence-corrected chi connectivity index (χ0v) is 13.8. The molecule has 0 radical (unpaired) electrons. The van der Waals surface area contributed by atoms with Gasteiger partial charge in [-0.05, 0) is 59.8 Å². The summed E-state index contributed by atoms with van der Waals surface area (Å²) in [6.07, 6.45) is 0. The van der Waals surface area contributed by atoms with Crippen molar-refractivity contribution in [2.45, 2.75) is 0 Å². The van der Waals surface area contributed by atoms with E-state index >= 15 is 0 Å². The first-order valence-corrected chi connectivity index (χ1v) is 7.75. The van der Waals surface area contributed by atoms with Crippen molar-refractivity contribution in [2.75, 3.05) is 26.0 Å². The molecule has 0 bridgehead atoms. The number of hydrogen-bond donors (Lipinski definition) is 2. The molecule has 0 fully saturated rings. The van der Waals surface area contributed by atoms with Gasteiger partial charge in [-0.2, -0.15) is 5.10 Å². The Kier molecular flexibility index (Phi) is 3.66. The van der Waals surface area contributed by atoms with E-state index in [1.165, 1.54) is 0 Å². The Labute approximate surface area is 142 Å². The highest BCUT2D eigenvalue weighted by molar-refractivity contribution is 6.01. The Morgan fingerprint density at radius 2 is 1.88 bits per heavy atom. The van der Waals surface area contributed by atoms with E-state index < -0.39 is 0 Å². The number of fused-ring (bicyclic) bond motifs is 2. The number of anilines is 1. The first kappa shape index (κ1) is 15.3. The van der Waals surface area contributed by atoms with Crippen LogP contribution >= 0.6 is 0 Å². The fraction of sp³-hybridized carbons (Fsp3) is 0.176. The lowest BCUT2D eigenvalue weighted by Gasteiger charge is -2.08. The summed E-state index contributed by atoms with van der Waals surface area (Å²) in [6.45, 7) is 0.296. The van der Waals surface area contributed by atoms with Gasteiger partial charge in [-0.15, -0.1) is 0 Å². The summed E-state index contributed by atoms with van der Waals surface area (Å²) in [5, 5.41) is 18.5. The van der Waals surface area contributed by atoms with Crippen LogP contribution in [0.15, 0.2) is 41.0 Å². The lowest BCUT2D eigenvalue weighted by atomic mass is 10.0. The number of amides is 1. The van der Waals surface area contributed by atoms with Gasteiger partial charge in [0.2, 0.25) is 5.91 Å².